The third-order valence-electron chi connectivity index (χ3n) is 2.43. The molecule has 0 radical (unpaired) electrons. The first-order chi connectivity index (χ1) is 8.90. The molecule has 2 N–H and O–H groups in total. The SMILES string of the molecule is CC(C)CNCC(O)CS(=O)c1ccc(F)c(F)c1. The number of halogens is 2. The van der Waals surface area contributed by atoms with Crippen molar-refractivity contribution in [1.82, 2.24) is 5.32 Å². The summed E-state index contributed by atoms with van der Waals surface area (Å²) >= 11 is 0. The number of hydrogen-bond acceptors (Lipinski definition) is 3. The zero-order chi connectivity index (χ0) is 14.4. The van der Waals surface area contributed by atoms with Crippen LogP contribution in [0.2, 0.25) is 0 Å². The van der Waals surface area contributed by atoms with E-state index >= 15 is 0 Å². The van der Waals surface area contributed by atoms with E-state index in [1.807, 2.05) is 13.8 Å². The van der Waals surface area contributed by atoms with Gasteiger partial charge in [-0.25, -0.2) is 8.78 Å². The lowest BCUT2D eigenvalue weighted by Crippen LogP contribution is -2.33. The van der Waals surface area contributed by atoms with Crippen LogP contribution in [0.15, 0.2) is 23.1 Å². The summed E-state index contributed by atoms with van der Waals surface area (Å²) in [4.78, 5) is 0.182. The first-order valence-corrected chi connectivity index (χ1v) is 7.44. The highest BCUT2D eigenvalue weighted by atomic mass is 32.2. The zero-order valence-corrected chi connectivity index (χ0v) is 11.8. The molecule has 0 aliphatic carbocycles. The molecule has 0 bridgehead atoms. The molecule has 1 aromatic carbocycles. The third-order valence-corrected chi connectivity index (χ3v) is 3.90. The third kappa shape index (κ3) is 5.76. The van der Waals surface area contributed by atoms with Crippen LogP contribution in [-0.4, -0.2) is 34.3 Å². The second kappa shape index (κ2) is 7.67. The largest absolute Gasteiger partial charge is 0.391 e. The molecule has 0 spiro atoms. The molecule has 2 atom stereocenters. The average Bonchev–Trinajstić information content (AvgIpc) is 2.32. The van der Waals surface area contributed by atoms with Crippen molar-refractivity contribution < 1.29 is 18.1 Å². The topological polar surface area (TPSA) is 49.3 Å². The Balaban J connectivity index is 2.47. The van der Waals surface area contributed by atoms with Crippen LogP contribution in [0.5, 0.6) is 0 Å². The molecule has 0 saturated heterocycles. The second-order valence-electron chi connectivity index (χ2n) is 4.79. The zero-order valence-electron chi connectivity index (χ0n) is 11.0. The van der Waals surface area contributed by atoms with Crippen LogP contribution < -0.4 is 5.32 Å². The predicted octanol–water partition coefficient (Wildman–Crippen LogP) is 1.68. The smallest absolute Gasteiger partial charge is 0.160 e. The Morgan fingerprint density at radius 2 is 1.95 bits per heavy atom. The van der Waals surface area contributed by atoms with Crippen LogP contribution in [0.25, 0.3) is 0 Å². The lowest BCUT2D eigenvalue weighted by atomic mass is 10.2. The maximum Gasteiger partial charge on any atom is 0.160 e. The molecule has 19 heavy (non-hydrogen) atoms. The molecule has 2 unspecified atom stereocenters. The lowest BCUT2D eigenvalue weighted by molar-refractivity contribution is 0.193. The minimum absolute atomic E-state index is 0.00380. The number of nitrogens with one attached hydrogen (secondary N) is 1. The first kappa shape index (κ1) is 16.2. The van der Waals surface area contributed by atoms with E-state index in [0.717, 1.165) is 18.7 Å². The number of rotatable bonds is 7. The van der Waals surface area contributed by atoms with Gasteiger partial charge in [-0.1, -0.05) is 13.8 Å². The van der Waals surface area contributed by atoms with Gasteiger partial charge >= 0.3 is 0 Å². The highest BCUT2D eigenvalue weighted by molar-refractivity contribution is 7.85. The predicted molar refractivity (Wildman–Crippen MR) is 71.3 cm³/mol. The maximum absolute atomic E-state index is 13.0. The molecule has 0 aliphatic heterocycles. The molecule has 0 saturated carbocycles. The molecule has 0 amide bonds. The monoisotopic (exact) mass is 291 g/mol. The van der Waals surface area contributed by atoms with E-state index in [0.29, 0.717) is 12.5 Å². The summed E-state index contributed by atoms with van der Waals surface area (Å²) in [5.41, 5.74) is 0. The van der Waals surface area contributed by atoms with Crippen LogP contribution in [-0.2, 0) is 10.8 Å². The second-order valence-corrected chi connectivity index (χ2v) is 6.29. The quantitative estimate of drug-likeness (QED) is 0.803. The summed E-state index contributed by atoms with van der Waals surface area (Å²) in [6.45, 7) is 5.17. The highest BCUT2D eigenvalue weighted by Crippen LogP contribution is 2.13. The van der Waals surface area contributed by atoms with Crippen LogP contribution in [0.1, 0.15) is 13.8 Å². The molecular formula is C13H19F2NO2S. The van der Waals surface area contributed by atoms with E-state index in [1.165, 1.54) is 6.07 Å². The van der Waals surface area contributed by atoms with Gasteiger partial charge in [0.25, 0.3) is 0 Å². The molecule has 0 heterocycles. The Labute approximate surface area is 114 Å². The number of aliphatic hydroxyl groups is 1. The Hall–Kier alpha value is -0.850. The van der Waals surface area contributed by atoms with Gasteiger partial charge in [-0.2, -0.15) is 0 Å². The van der Waals surface area contributed by atoms with Gasteiger partial charge in [0.05, 0.1) is 22.7 Å². The van der Waals surface area contributed by atoms with Crippen LogP contribution in [0, 0.1) is 17.6 Å². The average molecular weight is 291 g/mol. The molecule has 0 aliphatic rings. The molecule has 6 heteroatoms. The van der Waals surface area contributed by atoms with E-state index in [4.69, 9.17) is 0 Å². The molecule has 108 valence electrons. The number of hydrogen-bond donors (Lipinski definition) is 2. The van der Waals surface area contributed by atoms with Gasteiger partial charge in [0.2, 0.25) is 0 Å². The molecule has 3 nitrogen and oxygen atoms in total. The van der Waals surface area contributed by atoms with Gasteiger partial charge in [-0.05, 0) is 30.7 Å². The van der Waals surface area contributed by atoms with Crippen LogP contribution >= 0.6 is 0 Å². The molecule has 1 rings (SSSR count). The van der Waals surface area contributed by atoms with Gasteiger partial charge in [-0.3, -0.25) is 4.21 Å². The van der Waals surface area contributed by atoms with Crippen molar-refractivity contribution in [2.45, 2.75) is 24.8 Å². The molecule has 0 fully saturated rings. The summed E-state index contributed by atoms with van der Waals surface area (Å²) in [5, 5.41) is 12.7. The number of benzene rings is 1. The van der Waals surface area contributed by atoms with E-state index in [1.54, 1.807) is 0 Å². The molecular weight excluding hydrogens is 272 g/mol. The van der Waals surface area contributed by atoms with Gasteiger partial charge in [0.1, 0.15) is 0 Å². The van der Waals surface area contributed by atoms with Crippen LogP contribution in [0.3, 0.4) is 0 Å². The standard InChI is InChI=1S/C13H19F2NO2S/c1-9(2)6-16-7-10(17)8-19(18)11-3-4-12(14)13(15)5-11/h3-5,9-10,16-17H,6-8H2,1-2H3. The lowest BCUT2D eigenvalue weighted by Gasteiger charge is -2.13. The minimum atomic E-state index is -1.54. The summed E-state index contributed by atoms with van der Waals surface area (Å²) in [7, 11) is -1.54. The van der Waals surface area contributed by atoms with E-state index in [-0.39, 0.29) is 10.6 Å². The first-order valence-electron chi connectivity index (χ1n) is 6.12. The Kier molecular flexibility index (Phi) is 6.54. The van der Waals surface area contributed by atoms with Crippen molar-refractivity contribution in [1.29, 1.82) is 0 Å². The summed E-state index contributed by atoms with van der Waals surface area (Å²) < 4.78 is 37.6. The van der Waals surface area contributed by atoms with Gasteiger partial charge in [0, 0.05) is 11.4 Å². The van der Waals surface area contributed by atoms with Crippen molar-refractivity contribution in [3.05, 3.63) is 29.8 Å². The van der Waals surface area contributed by atoms with Crippen molar-refractivity contribution in [2.24, 2.45) is 5.92 Å². The maximum atomic E-state index is 13.0. The fourth-order valence-electron chi connectivity index (χ4n) is 1.49. The summed E-state index contributed by atoms with van der Waals surface area (Å²) in [5.74, 6) is -1.54. The Morgan fingerprint density at radius 3 is 2.53 bits per heavy atom. The molecule has 1 aromatic rings. The molecule has 0 aromatic heterocycles. The Bertz CT molecular complexity index is 441. The normalized spacial score (nSPS) is 14.6. The van der Waals surface area contributed by atoms with Crippen LogP contribution in [0.4, 0.5) is 8.78 Å². The van der Waals surface area contributed by atoms with Gasteiger partial charge < -0.3 is 10.4 Å². The fourth-order valence-corrected chi connectivity index (χ4v) is 2.60. The van der Waals surface area contributed by atoms with Crippen molar-refractivity contribution in [2.75, 3.05) is 18.8 Å². The van der Waals surface area contributed by atoms with E-state index < -0.39 is 28.5 Å². The van der Waals surface area contributed by atoms with Crippen molar-refractivity contribution >= 4 is 10.8 Å². The number of aliphatic hydroxyl groups excluding tert-OH is 1. The van der Waals surface area contributed by atoms with Gasteiger partial charge in [-0.15, -0.1) is 0 Å². The summed E-state index contributed by atoms with van der Waals surface area (Å²) in [6, 6.07) is 3.11. The van der Waals surface area contributed by atoms with Crippen molar-refractivity contribution in [3.63, 3.8) is 0 Å². The highest BCUT2D eigenvalue weighted by Gasteiger charge is 2.13. The van der Waals surface area contributed by atoms with E-state index in [9.17, 15) is 18.1 Å². The fraction of sp³-hybridized carbons (Fsp3) is 0.538. The van der Waals surface area contributed by atoms with Crippen molar-refractivity contribution in [3.8, 4) is 0 Å². The summed E-state index contributed by atoms with van der Waals surface area (Å²) in [6.07, 6.45) is -0.785. The minimum Gasteiger partial charge on any atom is -0.391 e. The Morgan fingerprint density at radius 1 is 1.26 bits per heavy atom. The van der Waals surface area contributed by atoms with Gasteiger partial charge in [0.15, 0.2) is 11.6 Å². The van der Waals surface area contributed by atoms with E-state index in [2.05, 4.69) is 5.32 Å².